The van der Waals surface area contributed by atoms with E-state index in [-0.39, 0.29) is 30.3 Å². The maximum absolute atomic E-state index is 13.0. The highest BCUT2D eigenvalue weighted by molar-refractivity contribution is 14.1. The van der Waals surface area contributed by atoms with Crippen LogP contribution in [0.4, 0.5) is 5.69 Å². The molecule has 180 valence electrons. The first-order valence-electron chi connectivity index (χ1n) is 10.6. The normalized spacial score (nSPS) is 16.2. The van der Waals surface area contributed by atoms with E-state index in [1.165, 1.54) is 23.9 Å². The molecule has 0 radical (unpaired) electrons. The van der Waals surface area contributed by atoms with Crippen molar-refractivity contribution < 1.29 is 19.2 Å². The number of non-ortho nitro benzene ring substituents is 1. The van der Waals surface area contributed by atoms with Gasteiger partial charge in [0.05, 0.1) is 20.5 Å². The summed E-state index contributed by atoms with van der Waals surface area (Å²) in [6, 6.07) is 10.1. The van der Waals surface area contributed by atoms with Gasteiger partial charge in [-0.2, -0.15) is 0 Å². The third-order valence-electron chi connectivity index (χ3n) is 4.78. The number of hydrogen-bond acceptors (Lipinski definition) is 7. The zero-order valence-corrected chi connectivity index (χ0v) is 22.5. The number of hydrogen-bond donors (Lipinski definition) is 0. The standard InChI is InChI=1S/C24H26IN3O5S/c1-14(2)26-24-27(15(3)4)23(29)21(34-24)12-17-10-19(25)22(20(11-17)32-5)33-13-16-7-6-8-18(9-16)28(30)31/h6-12,14-15H,13H2,1-5H3/b21-12+,26-24?. The maximum atomic E-state index is 13.0. The fraction of sp³-hybridized carbons (Fsp3) is 0.333. The molecule has 1 amide bonds. The van der Waals surface area contributed by atoms with Gasteiger partial charge in [0.15, 0.2) is 16.7 Å². The average molecular weight is 595 g/mol. The van der Waals surface area contributed by atoms with E-state index >= 15 is 0 Å². The highest BCUT2D eigenvalue weighted by atomic mass is 127. The molecule has 34 heavy (non-hydrogen) atoms. The summed E-state index contributed by atoms with van der Waals surface area (Å²) < 4.78 is 12.3. The molecule has 1 saturated heterocycles. The van der Waals surface area contributed by atoms with Crippen LogP contribution >= 0.6 is 34.4 Å². The van der Waals surface area contributed by atoms with Gasteiger partial charge in [0.2, 0.25) is 0 Å². The Morgan fingerprint density at radius 2 is 1.97 bits per heavy atom. The molecule has 0 aromatic heterocycles. The number of amidine groups is 1. The molecular weight excluding hydrogens is 569 g/mol. The van der Waals surface area contributed by atoms with Gasteiger partial charge in [-0.15, -0.1) is 0 Å². The molecule has 1 aliphatic heterocycles. The van der Waals surface area contributed by atoms with Gasteiger partial charge in [0.25, 0.3) is 11.6 Å². The summed E-state index contributed by atoms with van der Waals surface area (Å²) in [6.07, 6.45) is 1.83. The van der Waals surface area contributed by atoms with Gasteiger partial charge >= 0.3 is 0 Å². The molecule has 0 N–H and O–H groups in total. The minimum Gasteiger partial charge on any atom is -0.493 e. The number of ether oxygens (including phenoxy) is 2. The molecule has 10 heteroatoms. The lowest BCUT2D eigenvalue weighted by Crippen LogP contribution is -2.35. The van der Waals surface area contributed by atoms with Crippen molar-refractivity contribution in [3.05, 3.63) is 66.1 Å². The van der Waals surface area contributed by atoms with Gasteiger partial charge < -0.3 is 9.47 Å². The molecule has 0 bridgehead atoms. The van der Waals surface area contributed by atoms with E-state index in [1.807, 2.05) is 45.9 Å². The number of nitro groups is 1. The summed E-state index contributed by atoms with van der Waals surface area (Å²) in [5.41, 5.74) is 1.49. The van der Waals surface area contributed by atoms with Crippen LogP contribution in [0.15, 0.2) is 46.3 Å². The zero-order chi connectivity index (χ0) is 25.0. The fourth-order valence-corrected chi connectivity index (χ4v) is 5.30. The van der Waals surface area contributed by atoms with E-state index in [4.69, 9.17) is 9.47 Å². The lowest BCUT2D eigenvalue weighted by Gasteiger charge is -2.20. The number of carbonyl (C=O) groups excluding carboxylic acids is 1. The summed E-state index contributed by atoms with van der Waals surface area (Å²) in [7, 11) is 1.55. The van der Waals surface area contributed by atoms with E-state index < -0.39 is 4.92 Å². The Balaban J connectivity index is 1.87. The first-order valence-corrected chi connectivity index (χ1v) is 12.5. The molecule has 3 rings (SSSR count). The van der Waals surface area contributed by atoms with Crippen molar-refractivity contribution in [1.29, 1.82) is 0 Å². The topological polar surface area (TPSA) is 94.3 Å². The van der Waals surface area contributed by atoms with Gasteiger partial charge in [-0.05, 0) is 91.4 Å². The molecule has 0 unspecified atom stereocenters. The zero-order valence-electron chi connectivity index (χ0n) is 19.6. The van der Waals surface area contributed by atoms with E-state index in [0.717, 1.165) is 9.13 Å². The van der Waals surface area contributed by atoms with Gasteiger partial charge in [-0.3, -0.25) is 24.8 Å². The lowest BCUT2D eigenvalue weighted by atomic mass is 10.1. The van der Waals surface area contributed by atoms with Crippen molar-refractivity contribution in [2.24, 2.45) is 4.99 Å². The molecule has 1 fully saturated rings. The second-order valence-electron chi connectivity index (χ2n) is 8.13. The maximum Gasteiger partial charge on any atom is 0.269 e. The molecule has 2 aromatic rings. The number of aliphatic imine (C=N–C) groups is 1. The van der Waals surface area contributed by atoms with Crippen molar-refractivity contribution in [3.63, 3.8) is 0 Å². The van der Waals surface area contributed by atoms with E-state index in [2.05, 4.69) is 27.6 Å². The second-order valence-corrected chi connectivity index (χ2v) is 10.3. The Morgan fingerprint density at radius 1 is 1.24 bits per heavy atom. The number of amides is 1. The van der Waals surface area contributed by atoms with Crippen molar-refractivity contribution in [3.8, 4) is 11.5 Å². The van der Waals surface area contributed by atoms with Crippen LogP contribution in [-0.2, 0) is 11.4 Å². The van der Waals surface area contributed by atoms with Crippen molar-refractivity contribution >= 4 is 57.2 Å². The van der Waals surface area contributed by atoms with Gasteiger partial charge in [-0.25, -0.2) is 0 Å². The smallest absolute Gasteiger partial charge is 0.269 e. The molecule has 0 saturated carbocycles. The number of benzene rings is 2. The predicted octanol–water partition coefficient (Wildman–Crippen LogP) is 5.88. The average Bonchev–Trinajstić information content (AvgIpc) is 3.06. The van der Waals surface area contributed by atoms with Crippen LogP contribution in [0.1, 0.15) is 38.8 Å². The second kappa shape index (κ2) is 11.2. The molecular formula is C24H26IN3O5S. The number of methoxy groups -OCH3 is 1. The third kappa shape index (κ3) is 6.09. The van der Waals surface area contributed by atoms with Crippen LogP contribution in [0, 0.1) is 13.7 Å². The number of nitrogens with zero attached hydrogens (tertiary/aromatic N) is 3. The van der Waals surface area contributed by atoms with E-state index in [1.54, 1.807) is 24.1 Å². The minimum absolute atomic E-state index is 0.00246. The van der Waals surface area contributed by atoms with Crippen LogP contribution < -0.4 is 9.47 Å². The first-order chi connectivity index (χ1) is 16.1. The molecule has 1 heterocycles. The highest BCUT2D eigenvalue weighted by Crippen LogP contribution is 2.38. The fourth-order valence-electron chi connectivity index (χ4n) is 3.28. The Morgan fingerprint density at radius 3 is 2.59 bits per heavy atom. The Bertz CT molecular complexity index is 1160. The van der Waals surface area contributed by atoms with Gasteiger partial charge in [-0.1, -0.05) is 12.1 Å². The van der Waals surface area contributed by atoms with Crippen LogP contribution in [0.3, 0.4) is 0 Å². The number of rotatable bonds is 8. The minimum atomic E-state index is -0.434. The van der Waals surface area contributed by atoms with Crippen LogP contribution in [0.25, 0.3) is 6.08 Å². The largest absolute Gasteiger partial charge is 0.493 e. The van der Waals surface area contributed by atoms with Crippen LogP contribution in [0.2, 0.25) is 0 Å². The number of halogens is 1. The van der Waals surface area contributed by atoms with Crippen molar-refractivity contribution in [1.82, 2.24) is 4.90 Å². The van der Waals surface area contributed by atoms with Gasteiger partial charge in [0, 0.05) is 24.2 Å². The van der Waals surface area contributed by atoms with Crippen LogP contribution in [-0.4, -0.2) is 40.1 Å². The number of nitro benzene ring substituents is 1. The Labute approximate surface area is 216 Å². The van der Waals surface area contributed by atoms with Gasteiger partial charge in [0.1, 0.15) is 6.61 Å². The first kappa shape index (κ1) is 26.0. The van der Waals surface area contributed by atoms with E-state index in [9.17, 15) is 14.9 Å². The molecule has 2 aromatic carbocycles. The summed E-state index contributed by atoms with van der Waals surface area (Å²) in [4.78, 5) is 30.5. The van der Waals surface area contributed by atoms with Crippen molar-refractivity contribution in [2.45, 2.75) is 46.4 Å². The summed E-state index contributed by atoms with van der Waals surface area (Å²) in [5.74, 6) is 0.976. The number of carbonyl (C=O) groups is 1. The molecule has 0 spiro atoms. The SMILES string of the molecule is COc1cc(/C=C2/SC(=NC(C)C)N(C(C)C)C2=O)cc(I)c1OCc1cccc([N+](=O)[O-])c1. The van der Waals surface area contributed by atoms with Crippen molar-refractivity contribution in [2.75, 3.05) is 7.11 Å². The molecule has 8 nitrogen and oxygen atoms in total. The number of thioether (sulfide) groups is 1. The monoisotopic (exact) mass is 595 g/mol. The molecule has 1 aliphatic rings. The molecule has 0 aliphatic carbocycles. The quantitative estimate of drug-likeness (QED) is 0.164. The summed E-state index contributed by atoms with van der Waals surface area (Å²) >= 11 is 3.52. The summed E-state index contributed by atoms with van der Waals surface area (Å²) in [6.45, 7) is 8.06. The Hall–Kier alpha value is -2.60. The third-order valence-corrected chi connectivity index (χ3v) is 6.57. The van der Waals surface area contributed by atoms with Crippen LogP contribution in [0.5, 0.6) is 11.5 Å². The highest BCUT2D eigenvalue weighted by Gasteiger charge is 2.35. The lowest BCUT2D eigenvalue weighted by molar-refractivity contribution is -0.384. The predicted molar refractivity (Wildman–Crippen MR) is 143 cm³/mol. The molecule has 0 atom stereocenters. The van der Waals surface area contributed by atoms with E-state index in [0.29, 0.717) is 27.1 Å². The Kier molecular flexibility index (Phi) is 8.58. The summed E-state index contributed by atoms with van der Waals surface area (Å²) in [5, 5.41) is 11.7.